The van der Waals surface area contributed by atoms with Gasteiger partial charge in [-0.3, -0.25) is 9.59 Å². The Bertz CT molecular complexity index is 675. The molecule has 4 rings (SSSR count). The van der Waals surface area contributed by atoms with Crippen LogP contribution in [0.15, 0.2) is 18.2 Å². The molecule has 24 heavy (non-hydrogen) atoms. The second kappa shape index (κ2) is 5.88. The Morgan fingerprint density at radius 1 is 1.21 bits per heavy atom. The molecule has 2 amide bonds. The maximum Gasteiger partial charge on any atom is 0.255 e. The lowest BCUT2D eigenvalue weighted by molar-refractivity contribution is 0.0514. The summed E-state index contributed by atoms with van der Waals surface area (Å²) in [5, 5.41) is 0. The minimum absolute atomic E-state index is 0.0202. The molecule has 3 aliphatic rings. The Kier molecular flexibility index (Phi) is 3.83. The van der Waals surface area contributed by atoms with Gasteiger partial charge in [-0.05, 0) is 50.2 Å². The van der Waals surface area contributed by atoms with E-state index in [0.717, 1.165) is 37.4 Å². The van der Waals surface area contributed by atoms with Gasteiger partial charge in [0, 0.05) is 25.7 Å². The molecule has 1 atom stereocenters. The number of benzene rings is 1. The Hall–Kier alpha value is -1.88. The number of fused-ring (bicyclic) bond motifs is 1. The topological polar surface area (TPSA) is 66.6 Å². The van der Waals surface area contributed by atoms with E-state index in [2.05, 4.69) is 11.8 Å². The van der Waals surface area contributed by atoms with Crippen molar-refractivity contribution in [2.75, 3.05) is 19.6 Å². The normalized spacial score (nSPS) is 25.1. The van der Waals surface area contributed by atoms with Crippen LogP contribution in [0, 0.1) is 5.92 Å². The first-order valence-corrected chi connectivity index (χ1v) is 9.04. The summed E-state index contributed by atoms with van der Waals surface area (Å²) in [5.74, 6) is 0.373. The van der Waals surface area contributed by atoms with E-state index < -0.39 is 5.91 Å². The van der Waals surface area contributed by atoms with Gasteiger partial charge in [-0.25, -0.2) is 0 Å². The third-order valence-electron chi connectivity index (χ3n) is 5.84. The SMILES string of the molecule is CC1c2cccc(C(N)=O)c2C(=O)N1C1CCN(CC2CC2)CC1. The van der Waals surface area contributed by atoms with Crippen molar-refractivity contribution in [3.8, 4) is 0 Å². The number of nitrogens with zero attached hydrogens (tertiary/aromatic N) is 2. The van der Waals surface area contributed by atoms with E-state index >= 15 is 0 Å². The highest BCUT2D eigenvalue weighted by Gasteiger charge is 2.41. The Labute approximate surface area is 142 Å². The van der Waals surface area contributed by atoms with Crippen molar-refractivity contribution >= 4 is 11.8 Å². The zero-order valence-corrected chi connectivity index (χ0v) is 14.2. The second-order valence-corrected chi connectivity index (χ2v) is 7.50. The van der Waals surface area contributed by atoms with Crippen LogP contribution in [0.4, 0.5) is 0 Å². The van der Waals surface area contributed by atoms with Gasteiger partial charge in [0.15, 0.2) is 0 Å². The molecule has 0 radical (unpaired) electrons. The van der Waals surface area contributed by atoms with E-state index in [-0.39, 0.29) is 18.0 Å². The van der Waals surface area contributed by atoms with Crippen LogP contribution in [0.5, 0.6) is 0 Å². The largest absolute Gasteiger partial charge is 0.366 e. The number of hydrogen-bond donors (Lipinski definition) is 1. The summed E-state index contributed by atoms with van der Waals surface area (Å²) >= 11 is 0. The predicted molar refractivity (Wildman–Crippen MR) is 91.7 cm³/mol. The monoisotopic (exact) mass is 327 g/mol. The summed E-state index contributed by atoms with van der Waals surface area (Å²) < 4.78 is 0. The lowest BCUT2D eigenvalue weighted by Crippen LogP contribution is -2.46. The molecule has 1 unspecified atom stereocenters. The highest BCUT2D eigenvalue weighted by Crippen LogP contribution is 2.39. The first-order valence-electron chi connectivity index (χ1n) is 9.04. The number of primary amides is 1. The molecule has 1 aromatic carbocycles. The molecule has 2 N–H and O–H groups in total. The van der Waals surface area contributed by atoms with Gasteiger partial charge in [0.25, 0.3) is 5.91 Å². The number of carbonyl (C=O) groups excluding carboxylic acids is 2. The average molecular weight is 327 g/mol. The average Bonchev–Trinajstić information content (AvgIpc) is 3.35. The first-order chi connectivity index (χ1) is 11.6. The molecule has 1 aromatic rings. The smallest absolute Gasteiger partial charge is 0.255 e. The molecule has 0 spiro atoms. The zero-order valence-electron chi connectivity index (χ0n) is 14.2. The zero-order chi connectivity index (χ0) is 16.8. The molecule has 0 aromatic heterocycles. The minimum Gasteiger partial charge on any atom is -0.366 e. The summed E-state index contributed by atoms with van der Waals surface area (Å²) in [7, 11) is 0. The fourth-order valence-corrected chi connectivity index (χ4v) is 4.34. The lowest BCUT2D eigenvalue weighted by Gasteiger charge is -2.38. The quantitative estimate of drug-likeness (QED) is 0.922. The summed E-state index contributed by atoms with van der Waals surface area (Å²) in [6, 6.07) is 5.72. The van der Waals surface area contributed by atoms with Crippen molar-refractivity contribution < 1.29 is 9.59 Å². The van der Waals surface area contributed by atoms with E-state index in [1.54, 1.807) is 6.07 Å². The van der Waals surface area contributed by atoms with E-state index in [9.17, 15) is 9.59 Å². The van der Waals surface area contributed by atoms with Crippen LogP contribution in [0.25, 0.3) is 0 Å². The number of hydrogen-bond acceptors (Lipinski definition) is 3. The van der Waals surface area contributed by atoms with Gasteiger partial charge in [-0.1, -0.05) is 12.1 Å². The van der Waals surface area contributed by atoms with Gasteiger partial charge in [0.05, 0.1) is 17.2 Å². The van der Waals surface area contributed by atoms with E-state index in [0.29, 0.717) is 11.1 Å². The molecule has 5 heteroatoms. The molecule has 128 valence electrons. The number of carbonyl (C=O) groups is 2. The highest BCUT2D eigenvalue weighted by atomic mass is 16.2. The molecule has 2 heterocycles. The number of nitrogens with two attached hydrogens (primary N) is 1. The van der Waals surface area contributed by atoms with Crippen molar-refractivity contribution in [3.63, 3.8) is 0 Å². The van der Waals surface area contributed by atoms with E-state index in [1.807, 2.05) is 17.0 Å². The van der Waals surface area contributed by atoms with Gasteiger partial charge in [0.1, 0.15) is 0 Å². The van der Waals surface area contributed by atoms with Gasteiger partial charge < -0.3 is 15.5 Å². The van der Waals surface area contributed by atoms with Crippen LogP contribution >= 0.6 is 0 Å². The molecule has 2 aliphatic heterocycles. The Morgan fingerprint density at radius 3 is 2.54 bits per heavy atom. The molecular formula is C19H25N3O2. The van der Waals surface area contributed by atoms with Crippen LogP contribution in [0.1, 0.15) is 64.9 Å². The number of amides is 2. The Balaban J connectivity index is 1.52. The van der Waals surface area contributed by atoms with Gasteiger partial charge >= 0.3 is 0 Å². The lowest BCUT2D eigenvalue weighted by atomic mass is 9.99. The van der Waals surface area contributed by atoms with Crippen molar-refractivity contribution in [1.82, 2.24) is 9.80 Å². The van der Waals surface area contributed by atoms with Crippen LogP contribution in [-0.4, -0.2) is 47.3 Å². The molecule has 1 saturated carbocycles. The highest BCUT2D eigenvalue weighted by molar-refractivity contribution is 6.09. The molecule has 1 aliphatic carbocycles. The third kappa shape index (κ3) is 2.61. The molecular weight excluding hydrogens is 302 g/mol. The maximum absolute atomic E-state index is 13.0. The molecule has 1 saturated heterocycles. The van der Waals surface area contributed by atoms with Gasteiger partial charge in [-0.15, -0.1) is 0 Å². The van der Waals surface area contributed by atoms with Crippen LogP contribution in [-0.2, 0) is 0 Å². The van der Waals surface area contributed by atoms with Gasteiger partial charge in [0.2, 0.25) is 5.91 Å². The number of rotatable bonds is 4. The summed E-state index contributed by atoms with van der Waals surface area (Å²) in [5.41, 5.74) is 7.30. The van der Waals surface area contributed by atoms with Crippen LogP contribution in [0.2, 0.25) is 0 Å². The van der Waals surface area contributed by atoms with Crippen LogP contribution < -0.4 is 5.73 Å². The predicted octanol–water partition coefficient (Wildman–Crippen LogP) is 2.18. The summed E-state index contributed by atoms with van der Waals surface area (Å²) in [4.78, 5) is 29.2. The third-order valence-corrected chi connectivity index (χ3v) is 5.84. The van der Waals surface area contributed by atoms with Gasteiger partial charge in [-0.2, -0.15) is 0 Å². The maximum atomic E-state index is 13.0. The fourth-order valence-electron chi connectivity index (χ4n) is 4.34. The number of piperidine rings is 1. The van der Waals surface area contributed by atoms with Crippen molar-refractivity contribution in [2.45, 2.75) is 44.7 Å². The van der Waals surface area contributed by atoms with E-state index in [4.69, 9.17) is 5.73 Å². The minimum atomic E-state index is -0.520. The molecule has 5 nitrogen and oxygen atoms in total. The molecule has 2 fully saturated rings. The fraction of sp³-hybridized carbons (Fsp3) is 0.579. The Morgan fingerprint density at radius 2 is 1.92 bits per heavy atom. The molecule has 0 bridgehead atoms. The first kappa shape index (κ1) is 15.6. The standard InChI is InChI=1S/C19H25N3O2/c1-12-15-3-2-4-16(18(20)23)17(15)19(24)22(12)14-7-9-21(10-8-14)11-13-5-6-13/h2-4,12-14H,5-11H2,1H3,(H2,20,23). The second-order valence-electron chi connectivity index (χ2n) is 7.50. The summed E-state index contributed by atoms with van der Waals surface area (Å²) in [6.07, 6.45) is 4.80. The number of likely N-dealkylation sites (tertiary alicyclic amines) is 1. The van der Waals surface area contributed by atoms with Crippen molar-refractivity contribution in [3.05, 3.63) is 34.9 Å². The van der Waals surface area contributed by atoms with E-state index in [1.165, 1.54) is 19.4 Å². The van der Waals surface area contributed by atoms with Crippen molar-refractivity contribution in [1.29, 1.82) is 0 Å². The van der Waals surface area contributed by atoms with Crippen molar-refractivity contribution in [2.24, 2.45) is 11.7 Å². The van der Waals surface area contributed by atoms with Crippen LogP contribution in [0.3, 0.4) is 0 Å². The summed E-state index contributed by atoms with van der Waals surface area (Å²) in [6.45, 7) is 5.42.